The number of imidazole rings is 1. The van der Waals surface area contributed by atoms with E-state index >= 15 is 0 Å². The van der Waals surface area contributed by atoms with Crippen molar-refractivity contribution in [2.75, 3.05) is 16.8 Å². The molecule has 2 fully saturated rings. The van der Waals surface area contributed by atoms with Crippen LogP contribution in [0.15, 0.2) is 48.7 Å². The van der Waals surface area contributed by atoms with Gasteiger partial charge in [-0.1, -0.05) is 24.6 Å². The highest BCUT2D eigenvalue weighted by Gasteiger charge is 2.33. The molecule has 1 saturated heterocycles. The first-order valence-electron chi connectivity index (χ1n) is 14.3. The maximum absolute atomic E-state index is 13.3. The smallest absolute Gasteiger partial charge is 0.416 e. The number of aromatic nitrogens is 5. The molecule has 12 heteroatoms. The molecule has 2 N–H and O–H groups in total. The van der Waals surface area contributed by atoms with Crippen LogP contribution in [0.4, 0.5) is 24.9 Å². The van der Waals surface area contributed by atoms with E-state index in [0.29, 0.717) is 35.3 Å². The van der Waals surface area contributed by atoms with Crippen molar-refractivity contribution in [3.63, 3.8) is 0 Å². The maximum atomic E-state index is 13.3. The summed E-state index contributed by atoms with van der Waals surface area (Å²) in [6.45, 7) is 2.92. The molecule has 2 atom stereocenters. The number of aromatic carboxylic acids is 1. The number of piperidine rings is 1. The molecule has 2 aliphatic rings. The van der Waals surface area contributed by atoms with Crippen LogP contribution in [0.1, 0.15) is 78.9 Å². The summed E-state index contributed by atoms with van der Waals surface area (Å²) in [7, 11) is 0. The molecule has 0 bridgehead atoms. The van der Waals surface area contributed by atoms with Crippen LogP contribution >= 0.6 is 0 Å². The van der Waals surface area contributed by atoms with Gasteiger partial charge in [0.1, 0.15) is 5.52 Å². The van der Waals surface area contributed by atoms with Gasteiger partial charge >= 0.3 is 12.1 Å². The van der Waals surface area contributed by atoms with E-state index in [1.165, 1.54) is 12.1 Å². The molecule has 4 aromatic rings. The molecule has 0 spiro atoms. The lowest BCUT2D eigenvalue weighted by Gasteiger charge is -2.36. The molecule has 9 nitrogen and oxygen atoms in total. The summed E-state index contributed by atoms with van der Waals surface area (Å²) in [4.78, 5) is 32.4. The summed E-state index contributed by atoms with van der Waals surface area (Å²) in [5.41, 5.74) is 1.54. The summed E-state index contributed by atoms with van der Waals surface area (Å²) >= 11 is 0. The third kappa shape index (κ3) is 5.49. The number of fused-ring (bicyclic) bond motifs is 1. The molecular weight excluding hydrogens is 547 g/mol. The van der Waals surface area contributed by atoms with Crippen LogP contribution in [-0.4, -0.2) is 48.2 Å². The Balaban J connectivity index is 1.51. The number of nitrogens with one attached hydrogen (secondary N) is 1. The van der Waals surface area contributed by atoms with E-state index < -0.39 is 17.7 Å². The van der Waals surface area contributed by atoms with Gasteiger partial charge in [0.25, 0.3) is 0 Å². The second-order valence-electron chi connectivity index (χ2n) is 11.1. The normalized spacial score (nSPS) is 18.6. The fraction of sp³-hybridized carbons (Fsp3) is 0.433. The minimum Gasteiger partial charge on any atom is -0.475 e. The van der Waals surface area contributed by atoms with Crippen LogP contribution in [-0.2, 0) is 12.7 Å². The first-order chi connectivity index (χ1) is 20.2. The predicted molar refractivity (Wildman–Crippen MR) is 151 cm³/mol. The molecule has 0 amide bonds. The molecule has 4 heterocycles. The number of carbonyl (C=O) groups is 1. The Hall–Kier alpha value is -4.22. The van der Waals surface area contributed by atoms with Crippen LogP contribution in [0.5, 0.6) is 0 Å². The van der Waals surface area contributed by atoms with E-state index in [1.807, 2.05) is 22.8 Å². The average Bonchev–Trinajstić information content (AvgIpc) is 3.30. The number of rotatable bonds is 8. The lowest BCUT2D eigenvalue weighted by molar-refractivity contribution is -0.137. The molecule has 6 rings (SSSR count). The molecule has 1 aromatic carbocycles. The number of halogens is 3. The number of carboxylic acid groups (broad SMARTS) is 1. The highest BCUT2D eigenvalue weighted by molar-refractivity contribution is 5.91. The Labute approximate surface area is 240 Å². The van der Waals surface area contributed by atoms with Gasteiger partial charge in [-0.25, -0.2) is 14.8 Å². The third-order valence-electron chi connectivity index (χ3n) is 8.41. The number of alkyl halides is 3. The van der Waals surface area contributed by atoms with E-state index in [2.05, 4.69) is 32.1 Å². The Morgan fingerprint density at radius 2 is 1.83 bits per heavy atom. The van der Waals surface area contributed by atoms with Crippen molar-refractivity contribution in [1.82, 2.24) is 24.5 Å². The zero-order chi connectivity index (χ0) is 29.4. The fourth-order valence-corrected chi connectivity index (χ4v) is 5.90. The molecule has 0 radical (unpaired) electrons. The van der Waals surface area contributed by atoms with E-state index in [-0.39, 0.29) is 30.1 Å². The predicted octanol–water partition coefficient (Wildman–Crippen LogP) is 6.32. The molecule has 1 aliphatic heterocycles. The van der Waals surface area contributed by atoms with Gasteiger partial charge < -0.3 is 19.9 Å². The zero-order valence-corrected chi connectivity index (χ0v) is 23.2. The van der Waals surface area contributed by atoms with Crippen molar-refractivity contribution in [3.8, 4) is 0 Å². The Morgan fingerprint density at radius 1 is 1.05 bits per heavy atom. The summed E-state index contributed by atoms with van der Waals surface area (Å²) in [5.74, 6) is -0.286. The maximum Gasteiger partial charge on any atom is 0.416 e. The van der Waals surface area contributed by atoms with Gasteiger partial charge in [-0.05, 0) is 74.8 Å². The first-order valence-corrected chi connectivity index (χ1v) is 14.3. The lowest BCUT2D eigenvalue weighted by atomic mass is 9.80. The SMILES string of the molecule is C[C@@H](Nc1nc(C(=O)O)nc2nc(N3CCCCC3c3ccccn3)n(Cc3ccc(C(F)(F)F)cc3)c12)C1CCC1. The topological polar surface area (TPSA) is 109 Å². The molecule has 1 saturated carbocycles. The monoisotopic (exact) mass is 579 g/mol. The van der Waals surface area contributed by atoms with Crippen LogP contribution in [0, 0.1) is 5.92 Å². The van der Waals surface area contributed by atoms with Gasteiger partial charge in [0.05, 0.1) is 23.8 Å². The molecule has 1 aliphatic carbocycles. The zero-order valence-electron chi connectivity index (χ0n) is 23.2. The standard InChI is InChI=1S/C30H32F3N7O2/c1-18(20-7-6-8-20)35-25-24-26(37-27(36-25)28(41)42)38-29(39-16-5-3-10-23(39)22-9-2-4-15-34-22)40(24)17-19-11-13-21(14-12-19)30(31,32)33/h2,4,9,11-15,18,20,23H,3,5-8,10,16-17H2,1H3,(H,41,42)(H,35,36,37)/t18-,23?/m1/s1. The summed E-state index contributed by atoms with van der Waals surface area (Å²) in [6.07, 6.45) is 3.38. The van der Waals surface area contributed by atoms with Gasteiger partial charge in [0.2, 0.25) is 11.8 Å². The van der Waals surface area contributed by atoms with Gasteiger partial charge in [-0.2, -0.15) is 18.2 Å². The van der Waals surface area contributed by atoms with E-state index in [0.717, 1.165) is 56.4 Å². The number of nitrogens with zero attached hydrogens (tertiary/aromatic N) is 6. The first kappa shape index (κ1) is 27.9. The molecular formula is C30H32F3N7O2. The summed E-state index contributed by atoms with van der Waals surface area (Å²) in [6, 6.07) is 10.8. The van der Waals surface area contributed by atoms with Crippen LogP contribution in [0.3, 0.4) is 0 Å². The van der Waals surface area contributed by atoms with Gasteiger partial charge in [0.15, 0.2) is 11.5 Å². The number of hydrogen-bond donors (Lipinski definition) is 2. The van der Waals surface area contributed by atoms with Crippen molar-refractivity contribution in [2.24, 2.45) is 5.92 Å². The second-order valence-corrected chi connectivity index (χ2v) is 11.1. The largest absolute Gasteiger partial charge is 0.475 e. The van der Waals surface area contributed by atoms with Crippen LogP contribution < -0.4 is 10.2 Å². The van der Waals surface area contributed by atoms with Crippen molar-refractivity contribution >= 4 is 28.9 Å². The summed E-state index contributed by atoms with van der Waals surface area (Å²) < 4.78 is 41.8. The number of benzene rings is 1. The van der Waals surface area contributed by atoms with Crippen molar-refractivity contribution < 1.29 is 23.1 Å². The van der Waals surface area contributed by atoms with Gasteiger partial charge in [-0.3, -0.25) is 4.98 Å². The van der Waals surface area contributed by atoms with Crippen molar-refractivity contribution in [1.29, 1.82) is 0 Å². The minimum atomic E-state index is -4.44. The molecule has 3 aromatic heterocycles. The quantitative estimate of drug-likeness (QED) is 0.250. The lowest BCUT2D eigenvalue weighted by Crippen LogP contribution is -2.36. The number of anilines is 2. The number of hydrogen-bond acceptors (Lipinski definition) is 7. The van der Waals surface area contributed by atoms with E-state index in [4.69, 9.17) is 4.98 Å². The fourth-order valence-electron chi connectivity index (χ4n) is 5.90. The Bertz CT molecular complexity index is 1570. The third-order valence-corrected chi connectivity index (χ3v) is 8.41. The van der Waals surface area contributed by atoms with Crippen LogP contribution in [0.2, 0.25) is 0 Å². The highest BCUT2D eigenvalue weighted by atomic mass is 19.4. The van der Waals surface area contributed by atoms with E-state index in [1.54, 1.807) is 6.20 Å². The average molecular weight is 580 g/mol. The molecule has 1 unspecified atom stereocenters. The van der Waals surface area contributed by atoms with Crippen LogP contribution in [0.25, 0.3) is 11.2 Å². The molecule has 42 heavy (non-hydrogen) atoms. The molecule has 220 valence electrons. The summed E-state index contributed by atoms with van der Waals surface area (Å²) in [5, 5.41) is 13.3. The minimum absolute atomic E-state index is 0.0348. The highest BCUT2D eigenvalue weighted by Crippen LogP contribution is 2.38. The van der Waals surface area contributed by atoms with Crippen molar-refractivity contribution in [2.45, 2.75) is 70.3 Å². The number of carboxylic acids is 1. The van der Waals surface area contributed by atoms with E-state index in [9.17, 15) is 23.1 Å². The van der Waals surface area contributed by atoms with Crippen molar-refractivity contribution in [3.05, 3.63) is 71.3 Å². The van der Waals surface area contributed by atoms with Gasteiger partial charge in [0, 0.05) is 18.8 Å². The Kier molecular flexibility index (Phi) is 7.46. The second kappa shape index (κ2) is 11.2. The van der Waals surface area contributed by atoms with Gasteiger partial charge in [-0.15, -0.1) is 0 Å². The number of pyridine rings is 1. The Morgan fingerprint density at radius 3 is 2.48 bits per heavy atom.